The van der Waals surface area contributed by atoms with Crippen LogP contribution in [0.1, 0.15) is 26.7 Å². The first-order valence-electron chi connectivity index (χ1n) is 3.95. The van der Waals surface area contributed by atoms with Crippen molar-refractivity contribution in [1.29, 1.82) is 0 Å². The summed E-state index contributed by atoms with van der Waals surface area (Å²) in [6.07, 6.45) is -1.61. The number of phosphoric acid groups is 1. The van der Waals surface area contributed by atoms with E-state index in [1.165, 1.54) is 6.92 Å². The molecule has 0 radical (unpaired) electrons. The molecule has 0 rings (SSSR count). The molecule has 0 aromatic heterocycles. The maximum absolute atomic E-state index is 11.0. The Morgan fingerprint density at radius 3 is 2.07 bits per heavy atom. The Bertz CT molecular complexity index is 167. The van der Waals surface area contributed by atoms with Crippen molar-refractivity contribution < 1.29 is 32.0 Å². The molecule has 0 saturated carbocycles. The minimum absolute atomic E-state index is 0.0116. The highest BCUT2D eigenvalue weighted by Crippen LogP contribution is 2.43. The third-order valence-corrected chi connectivity index (χ3v) is 1.54. The van der Waals surface area contributed by atoms with Crippen LogP contribution in [0.2, 0.25) is 0 Å². The second-order valence-electron chi connectivity index (χ2n) is 2.17. The quantitative estimate of drug-likeness (QED) is 0.748. The topological polar surface area (TPSA) is 55.8 Å². The van der Waals surface area contributed by atoms with Gasteiger partial charge in [0.05, 0.1) is 6.61 Å². The number of hydrogen-bond donors (Lipinski definition) is 1. The predicted molar refractivity (Wildman–Crippen MR) is 44.6 cm³/mol. The monoisotopic (exact) mass is 238 g/mol. The molecule has 1 atom stereocenters. The number of hydrogen-bond acceptors (Lipinski definition) is 3. The SMILES string of the molecule is CCC(F)F.CCCOP(=O)(O)OF. The molecule has 0 fully saturated rings. The zero-order chi connectivity index (χ0) is 11.6. The Labute approximate surface area is 80.5 Å². The van der Waals surface area contributed by atoms with E-state index in [0.717, 1.165) is 0 Å². The Morgan fingerprint density at radius 1 is 1.43 bits per heavy atom. The molecular weight excluding hydrogens is 224 g/mol. The smallest absolute Gasteiger partial charge is 0.301 e. The van der Waals surface area contributed by atoms with Crippen molar-refractivity contribution in [2.24, 2.45) is 0 Å². The van der Waals surface area contributed by atoms with Gasteiger partial charge in [0.1, 0.15) is 0 Å². The van der Waals surface area contributed by atoms with Gasteiger partial charge in [-0.2, -0.15) is 0 Å². The van der Waals surface area contributed by atoms with E-state index in [-0.39, 0.29) is 13.0 Å². The maximum atomic E-state index is 11.0. The van der Waals surface area contributed by atoms with Crippen LogP contribution in [-0.4, -0.2) is 17.9 Å². The predicted octanol–water partition coefficient (Wildman–Crippen LogP) is 3.08. The maximum Gasteiger partial charge on any atom is 0.503 e. The highest BCUT2D eigenvalue weighted by Gasteiger charge is 2.20. The highest BCUT2D eigenvalue weighted by atomic mass is 31.2. The van der Waals surface area contributed by atoms with Crippen LogP contribution in [0, 0.1) is 0 Å². The number of rotatable bonds is 5. The summed E-state index contributed by atoms with van der Waals surface area (Å²) in [7, 11) is -4.36. The van der Waals surface area contributed by atoms with Crippen molar-refractivity contribution >= 4 is 7.82 Å². The molecule has 14 heavy (non-hydrogen) atoms. The second kappa shape index (κ2) is 9.45. The van der Waals surface area contributed by atoms with Crippen molar-refractivity contribution in [3.63, 3.8) is 0 Å². The van der Waals surface area contributed by atoms with Gasteiger partial charge in [0.2, 0.25) is 6.43 Å². The molecule has 0 aliphatic rings. The van der Waals surface area contributed by atoms with E-state index in [9.17, 15) is 17.9 Å². The van der Waals surface area contributed by atoms with Crippen LogP contribution in [0.4, 0.5) is 13.3 Å². The van der Waals surface area contributed by atoms with E-state index >= 15 is 0 Å². The fraction of sp³-hybridized carbons (Fsp3) is 1.00. The van der Waals surface area contributed by atoms with Crippen LogP contribution in [0.3, 0.4) is 0 Å². The van der Waals surface area contributed by atoms with Crippen LogP contribution >= 0.6 is 7.82 Å². The van der Waals surface area contributed by atoms with Crippen molar-refractivity contribution in [3.8, 4) is 0 Å². The number of halogens is 3. The van der Waals surface area contributed by atoms with Gasteiger partial charge in [-0.25, -0.2) is 13.3 Å². The lowest BCUT2D eigenvalue weighted by atomic mass is 10.5. The molecule has 0 spiro atoms. The van der Waals surface area contributed by atoms with Crippen LogP contribution < -0.4 is 0 Å². The summed E-state index contributed by atoms with van der Waals surface area (Å²) in [5, 5.41) is 0. The molecule has 8 heteroatoms. The molecule has 0 heterocycles. The average Bonchev–Trinajstić information content (AvgIpc) is 2.16. The first kappa shape index (κ1) is 16.3. The fourth-order valence-electron chi connectivity index (χ4n) is 0.227. The third-order valence-electron chi connectivity index (χ3n) is 0.854. The van der Waals surface area contributed by atoms with Gasteiger partial charge in [-0.15, -0.1) is 0 Å². The van der Waals surface area contributed by atoms with Crippen molar-refractivity contribution in [3.05, 3.63) is 0 Å². The minimum Gasteiger partial charge on any atom is -0.301 e. The lowest BCUT2D eigenvalue weighted by Gasteiger charge is -2.02. The number of alkyl halides is 2. The Kier molecular flexibility index (Phi) is 11.0. The van der Waals surface area contributed by atoms with Gasteiger partial charge in [-0.05, 0) is 10.9 Å². The first-order valence-corrected chi connectivity index (χ1v) is 5.45. The molecule has 0 aliphatic carbocycles. The van der Waals surface area contributed by atoms with Gasteiger partial charge in [0.15, 0.2) is 0 Å². The van der Waals surface area contributed by atoms with Gasteiger partial charge < -0.3 is 4.89 Å². The Hall–Kier alpha value is -0.100. The lowest BCUT2D eigenvalue weighted by molar-refractivity contribution is -0.0477. The molecule has 0 bridgehead atoms. The summed E-state index contributed by atoms with van der Waals surface area (Å²) >= 11 is 0. The summed E-state index contributed by atoms with van der Waals surface area (Å²) in [6.45, 7) is 3.18. The zero-order valence-corrected chi connectivity index (χ0v) is 8.85. The van der Waals surface area contributed by atoms with Gasteiger partial charge >= 0.3 is 7.82 Å². The summed E-state index contributed by atoms with van der Waals surface area (Å²) in [4.78, 5) is 8.19. The van der Waals surface area contributed by atoms with Crippen LogP contribution in [-0.2, 0) is 13.8 Å². The normalized spacial score (nSPS) is 14.5. The van der Waals surface area contributed by atoms with Gasteiger partial charge in [0, 0.05) is 6.42 Å². The van der Waals surface area contributed by atoms with Gasteiger partial charge in [0.25, 0.3) is 0 Å². The number of phosphoric ester groups is 1. The van der Waals surface area contributed by atoms with E-state index in [2.05, 4.69) is 9.25 Å². The first-order chi connectivity index (χ1) is 6.39. The molecule has 4 nitrogen and oxygen atoms in total. The molecule has 0 aliphatic heterocycles. The second-order valence-corrected chi connectivity index (χ2v) is 3.50. The van der Waals surface area contributed by atoms with E-state index in [1.807, 2.05) is 0 Å². The Balaban J connectivity index is 0. The summed E-state index contributed by atoms with van der Waals surface area (Å²) in [6, 6.07) is 0. The minimum atomic E-state index is -4.36. The van der Waals surface area contributed by atoms with E-state index < -0.39 is 14.2 Å². The molecular formula is C6H14F3O4P. The molecule has 1 N–H and O–H groups in total. The fourth-order valence-corrected chi connectivity index (χ4v) is 0.680. The molecule has 0 aromatic rings. The molecule has 88 valence electrons. The third kappa shape index (κ3) is 14.4. The van der Waals surface area contributed by atoms with Crippen LogP contribution in [0.5, 0.6) is 0 Å². The molecule has 0 aromatic carbocycles. The molecule has 1 unspecified atom stereocenters. The molecule has 0 saturated heterocycles. The van der Waals surface area contributed by atoms with E-state index in [0.29, 0.717) is 6.42 Å². The summed E-state index contributed by atoms with van der Waals surface area (Å²) in [5.41, 5.74) is 0. The van der Waals surface area contributed by atoms with Crippen molar-refractivity contribution in [2.75, 3.05) is 6.61 Å². The standard InChI is InChI=1S/C3H6F2.C3H8FO4P/c1-2-3(4)5;1-2-3-7-9(5,6)8-4/h3H,2H2,1H3;2-3H2,1H3,(H,5,6). The highest BCUT2D eigenvalue weighted by molar-refractivity contribution is 7.47. The van der Waals surface area contributed by atoms with Gasteiger partial charge in [-0.3, -0.25) is 4.52 Å². The van der Waals surface area contributed by atoms with Crippen molar-refractivity contribution in [1.82, 2.24) is 0 Å². The zero-order valence-electron chi connectivity index (χ0n) is 7.95. The largest absolute Gasteiger partial charge is 0.503 e. The molecule has 0 amide bonds. The summed E-state index contributed by atoms with van der Waals surface area (Å²) < 4.78 is 49.2. The van der Waals surface area contributed by atoms with Crippen molar-refractivity contribution in [2.45, 2.75) is 33.1 Å². The van der Waals surface area contributed by atoms with Gasteiger partial charge in [-0.1, -0.05) is 18.6 Å². The van der Waals surface area contributed by atoms with Crippen LogP contribution in [0.15, 0.2) is 0 Å². The van der Waals surface area contributed by atoms with E-state index in [1.54, 1.807) is 6.92 Å². The lowest BCUT2D eigenvalue weighted by Crippen LogP contribution is -1.90. The summed E-state index contributed by atoms with van der Waals surface area (Å²) in [5.74, 6) is 0. The van der Waals surface area contributed by atoms with E-state index in [4.69, 9.17) is 4.89 Å². The Morgan fingerprint density at radius 2 is 1.86 bits per heavy atom. The average molecular weight is 238 g/mol. The van der Waals surface area contributed by atoms with Crippen LogP contribution in [0.25, 0.3) is 0 Å².